The van der Waals surface area contributed by atoms with E-state index in [9.17, 15) is 0 Å². The molecule has 1 unspecified atom stereocenters. The Bertz CT molecular complexity index is 584. The van der Waals surface area contributed by atoms with E-state index in [1.807, 2.05) is 31.2 Å². The second-order valence-corrected chi connectivity index (χ2v) is 4.90. The molecule has 1 atom stereocenters. The molecule has 4 heteroatoms. The SMILES string of the molecule is CCc1nnc(C)cc1C(N)Cc1cccc(OC)c1. The molecule has 2 N–H and O–H groups in total. The van der Waals surface area contributed by atoms with Crippen molar-refractivity contribution in [2.75, 3.05) is 7.11 Å². The summed E-state index contributed by atoms with van der Waals surface area (Å²) in [6, 6.07) is 9.97. The van der Waals surface area contributed by atoms with E-state index >= 15 is 0 Å². The summed E-state index contributed by atoms with van der Waals surface area (Å²) in [6.07, 6.45) is 1.60. The highest BCUT2D eigenvalue weighted by Crippen LogP contribution is 2.21. The summed E-state index contributed by atoms with van der Waals surface area (Å²) in [5.74, 6) is 0.856. The van der Waals surface area contributed by atoms with E-state index in [1.54, 1.807) is 7.11 Å². The lowest BCUT2D eigenvalue weighted by Gasteiger charge is -2.15. The lowest BCUT2D eigenvalue weighted by atomic mass is 9.97. The minimum absolute atomic E-state index is 0.0775. The van der Waals surface area contributed by atoms with Crippen LogP contribution in [0, 0.1) is 6.92 Å². The van der Waals surface area contributed by atoms with Crippen LogP contribution in [0.5, 0.6) is 5.75 Å². The van der Waals surface area contributed by atoms with Crippen LogP contribution in [-0.4, -0.2) is 17.3 Å². The van der Waals surface area contributed by atoms with Crippen LogP contribution in [0.25, 0.3) is 0 Å². The predicted molar refractivity (Wildman–Crippen MR) is 79.8 cm³/mol. The van der Waals surface area contributed by atoms with E-state index in [2.05, 4.69) is 23.2 Å². The Balaban J connectivity index is 2.23. The minimum atomic E-state index is -0.0775. The molecule has 0 bridgehead atoms. The van der Waals surface area contributed by atoms with Gasteiger partial charge in [0.25, 0.3) is 0 Å². The van der Waals surface area contributed by atoms with Crippen molar-refractivity contribution in [1.29, 1.82) is 0 Å². The highest BCUT2D eigenvalue weighted by Gasteiger charge is 2.13. The summed E-state index contributed by atoms with van der Waals surface area (Å²) in [6.45, 7) is 4.01. The van der Waals surface area contributed by atoms with Gasteiger partial charge in [-0.3, -0.25) is 0 Å². The first kappa shape index (κ1) is 14.5. The van der Waals surface area contributed by atoms with Crippen LogP contribution >= 0.6 is 0 Å². The van der Waals surface area contributed by atoms with Crippen LogP contribution in [0.3, 0.4) is 0 Å². The minimum Gasteiger partial charge on any atom is -0.497 e. The van der Waals surface area contributed by atoms with E-state index in [1.165, 1.54) is 0 Å². The van der Waals surface area contributed by atoms with Gasteiger partial charge in [0.1, 0.15) is 5.75 Å². The smallest absolute Gasteiger partial charge is 0.119 e. The van der Waals surface area contributed by atoms with Gasteiger partial charge in [-0.25, -0.2) is 0 Å². The van der Waals surface area contributed by atoms with Crippen molar-refractivity contribution >= 4 is 0 Å². The number of aryl methyl sites for hydroxylation is 2. The summed E-state index contributed by atoms with van der Waals surface area (Å²) in [7, 11) is 1.67. The third-order valence-electron chi connectivity index (χ3n) is 3.35. The molecule has 0 aliphatic carbocycles. The maximum atomic E-state index is 6.36. The van der Waals surface area contributed by atoms with Crippen molar-refractivity contribution in [3.05, 3.63) is 52.8 Å². The standard InChI is InChI=1S/C16H21N3O/c1-4-16-14(8-11(2)18-19-16)15(17)10-12-6-5-7-13(9-12)20-3/h5-9,15H,4,10,17H2,1-3H3. The van der Waals surface area contributed by atoms with Gasteiger partial charge in [0.2, 0.25) is 0 Å². The van der Waals surface area contributed by atoms with Gasteiger partial charge in [-0.1, -0.05) is 19.1 Å². The molecule has 2 aromatic rings. The van der Waals surface area contributed by atoms with Gasteiger partial charge in [-0.05, 0) is 49.1 Å². The first-order valence-electron chi connectivity index (χ1n) is 6.85. The highest BCUT2D eigenvalue weighted by molar-refractivity contribution is 5.31. The zero-order chi connectivity index (χ0) is 14.5. The molecule has 0 aliphatic heterocycles. The Labute approximate surface area is 120 Å². The third kappa shape index (κ3) is 3.33. The average Bonchev–Trinajstić information content (AvgIpc) is 2.47. The van der Waals surface area contributed by atoms with Crippen LogP contribution in [0.15, 0.2) is 30.3 Å². The fourth-order valence-electron chi connectivity index (χ4n) is 2.29. The van der Waals surface area contributed by atoms with Gasteiger partial charge in [0.05, 0.1) is 18.5 Å². The van der Waals surface area contributed by atoms with Gasteiger partial charge < -0.3 is 10.5 Å². The van der Waals surface area contributed by atoms with Gasteiger partial charge in [-0.15, -0.1) is 0 Å². The number of rotatable bonds is 5. The van der Waals surface area contributed by atoms with Crippen LogP contribution in [-0.2, 0) is 12.8 Å². The van der Waals surface area contributed by atoms with Crippen molar-refractivity contribution in [3.8, 4) is 5.75 Å². The number of aromatic nitrogens is 2. The maximum absolute atomic E-state index is 6.36. The lowest BCUT2D eigenvalue weighted by molar-refractivity contribution is 0.414. The lowest BCUT2D eigenvalue weighted by Crippen LogP contribution is -2.17. The number of hydrogen-bond acceptors (Lipinski definition) is 4. The largest absolute Gasteiger partial charge is 0.497 e. The predicted octanol–water partition coefficient (Wildman–Crippen LogP) is 2.60. The second kappa shape index (κ2) is 6.48. The van der Waals surface area contributed by atoms with Crippen LogP contribution in [0.4, 0.5) is 0 Å². The number of methoxy groups -OCH3 is 1. The molecule has 1 heterocycles. The Hall–Kier alpha value is -1.94. The fourth-order valence-corrected chi connectivity index (χ4v) is 2.29. The van der Waals surface area contributed by atoms with Gasteiger partial charge in [0, 0.05) is 6.04 Å². The number of nitrogens with zero attached hydrogens (tertiary/aromatic N) is 2. The molecular formula is C16H21N3O. The molecule has 0 radical (unpaired) electrons. The quantitative estimate of drug-likeness (QED) is 0.908. The number of benzene rings is 1. The second-order valence-electron chi connectivity index (χ2n) is 4.90. The molecule has 1 aromatic heterocycles. The Morgan fingerprint density at radius 2 is 2.05 bits per heavy atom. The molecule has 106 valence electrons. The van der Waals surface area contributed by atoms with Gasteiger partial charge in [-0.2, -0.15) is 10.2 Å². The molecule has 20 heavy (non-hydrogen) atoms. The molecule has 4 nitrogen and oxygen atoms in total. The maximum Gasteiger partial charge on any atom is 0.119 e. The normalized spacial score (nSPS) is 12.2. The van der Waals surface area contributed by atoms with E-state index in [4.69, 9.17) is 10.5 Å². The molecule has 1 aromatic carbocycles. The Morgan fingerprint density at radius 1 is 1.25 bits per heavy atom. The monoisotopic (exact) mass is 271 g/mol. The molecule has 0 fully saturated rings. The van der Waals surface area contributed by atoms with Crippen molar-refractivity contribution in [2.24, 2.45) is 5.73 Å². The number of nitrogens with two attached hydrogens (primary N) is 1. The van der Waals surface area contributed by atoms with E-state index < -0.39 is 0 Å². The molecule has 0 saturated carbocycles. The zero-order valence-electron chi connectivity index (χ0n) is 12.3. The number of hydrogen-bond donors (Lipinski definition) is 1. The van der Waals surface area contributed by atoms with E-state index in [-0.39, 0.29) is 6.04 Å². The zero-order valence-corrected chi connectivity index (χ0v) is 12.3. The molecule has 2 rings (SSSR count). The average molecular weight is 271 g/mol. The highest BCUT2D eigenvalue weighted by atomic mass is 16.5. The van der Waals surface area contributed by atoms with Gasteiger partial charge in [0.15, 0.2) is 0 Å². The van der Waals surface area contributed by atoms with Crippen molar-refractivity contribution in [1.82, 2.24) is 10.2 Å². The topological polar surface area (TPSA) is 61.0 Å². The van der Waals surface area contributed by atoms with Crippen LogP contribution in [0.1, 0.15) is 35.5 Å². The summed E-state index contributed by atoms with van der Waals surface area (Å²) in [5, 5.41) is 8.34. The summed E-state index contributed by atoms with van der Waals surface area (Å²) < 4.78 is 5.24. The number of ether oxygens (including phenoxy) is 1. The van der Waals surface area contributed by atoms with E-state index in [0.717, 1.165) is 41.1 Å². The van der Waals surface area contributed by atoms with Gasteiger partial charge >= 0.3 is 0 Å². The van der Waals surface area contributed by atoms with Crippen LogP contribution < -0.4 is 10.5 Å². The third-order valence-corrected chi connectivity index (χ3v) is 3.35. The van der Waals surface area contributed by atoms with E-state index in [0.29, 0.717) is 0 Å². The first-order chi connectivity index (χ1) is 9.63. The Morgan fingerprint density at radius 3 is 2.75 bits per heavy atom. The molecule has 0 amide bonds. The summed E-state index contributed by atoms with van der Waals surface area (Å²) in [5.41, 5.74) is 10.5. The molecule has 0 spiro atoms. The molecule has 0 aliphatic rings. The van der Waals surface area contributed by atoms with Crippen molar-refractivity contribution in [2.45, 2.75) is 32.7 Å². The summed E-state index contributed by atoms with van der Waals surface area (Å²) in [4.78, 5) is 0. The van der Waals surface area contributed by atoms with Crippen LogP contribution in [0.2, 0.25) is 0 Å². The fraction of sp³-hybridized carbons (Fsp3) is 0.375. The summed E-state index contributed by atoms with van der Waals surface area (Å²) >= 11 is 0. The molecular weight excluding hydrogens is 250 g/mol. The Kier molecular flexibility index (Phi) is 4.69. The first-order valence-corrected chi connectivity index (χ1v) is 6.85. The molecule has 0 saturated heterocycles. The van der Waals surface area contributed by atoms with Crippen molar-refractivity contribution in [3.63, 3.8) is 0 Å². The van der Waals surface area contributed by atoms with Crippen molar-refractivity contribution < 1.29 is 4.74 Å².